The van der Waals surface area contributed by atoms with Crippen LogP contribution in [0.3, 0.4) is 0 Å². The van der Waals surface area contributed by atoms with Crippen LogP contribution in [0, 0.1) is 0 Å². The zero-order chi connectivity index (χ0) is 21.0. The first-order valence-corrected chi connectivity index (χ1v) is 10.7. The molecule has 1 aromatic heterocycles. The minimum absolute atomic E-state index is 0.0553. The van der Waals surface area contributed by atoms with Crippen molar-refractivity contribution in [1.82, 2.24) is 20.1 Å². The number of methoxy groups -OCH3 is 1. The lowest BCUT2D eigenvalue weighted by Gasteiger charge is -2.08. The topological polar surface area (TPSA) is 97.0 Å². The number of hydrogen-bond acceptors (Lipinski definition) is 5. The summed E-state index contributed by atoms with van der Waals surface area (Å²) in [5.41, 5.74) is 3.97. The Labute approximate surface area is 174 Å². The summed E-state index contributed by atoms with van der Waals surface area (Å²) in [5, 5.41) is 10.6. The molecule has 0 aliphatic carbocycles. The number of aromatic amines is 1. The lowest BCUT2D eigenvalue weighted by molar-refractivity contribution is 0.415. The first-order chi connectivity index (χ1) is 14.6. The van der Waals surface area contributed by atoms with E-state index in [2.05, 4.69) is 20.1 Å². The van der Waals surface area contributed by atoms with Crippen LogP contribution < -0.4 is 9.46 Å². The second-order valence-corrected chi connectivity index (χ2v) is 8.35. The van der Waals surface area contributed by atoms with E-state index in [1.165, 1.54) is 0 Å². The lowest BCUT2D eigenvalue weighted by atomic mass is 10.1. The molecule has 0 aliphatic heterocycles. The van der Waals surface area contributed by atoms with Crippen molar-refractivity contribution in [3.05, 3.63) is 84.6 Å². The number of aromatic nitrogens is 3. The number of sulfonamides is 1. The molecule has 3 aromatic carbocycles. The van der Waals surface area contributed by atoms with Crippen molar-refractivity contribution in [1.29, 1.82) is 0 Å². The minimum atomic E-state index is -3.69. The summed E-state index contributed by atoms with van der Waals surface area (Å²) in [4.78, 5) is 0.188. The first kappa shape index (κ1) is 19.8. The van der Waals surface area contributed by atoms with Crippen LogP contribution in [0.5, 0.6) is 5.75 Å². The van der Waals surface area contributed by atoms with Crippen LogP contribution >= 0.6 is 0 Å². The molecule has 7 nitrogen and oxygen atoms in total. The molecule has 4 aromatic rings. The molecule has 0 fully saturated rings. The lowest BCUT2D eigenvalue weighted by Crippen LogP contribution is -2.23. The summed E-state index contributed by atoms with van der Waals surface area (Å²) in [7, 11) is -2.08. The van der Waals surface area contributed by atoms with Gasteiger partial charge in [0.15, 0.2) is 0 Å². The van der Waals surface area contributed by atoms with Gasteiger partial charge in [-0.2, -0.15) is 0 Å². The molecule has 4 rings (SSSR count). The average molecular weight is 420 g/mol. The fourth-order valence-corrected chi connectivity index (χ4v) is 4.06. The molecule has 152 valence electrons. The van der Waals surface area contributed by atoms with Crippen molar-refractivity contribution in [2.75, 3.05) is 7.11 Å². The fourth-order valence-electron chi connectivity index (χ4n) is 3.06. The van der Waals surface area contributed by atoms with Crippen molar-refractivity contribution in [2.24, 2.45) is 0 Å². The summed E-state index contributed by atoms with van der Waals surface area (Å²) in [6.45, 7) is 0.0553. The highest BCUT2D eigenvalue weighted by Crippen LogP contribution is 2.24. The van der Waals surface area contributed by atoms with Crippen molar-refractivity contribution >= 4 is 10.0 Å². The molecule has 0 bridgehead atoms. The first-order valence-electron chi connectivity index (χ1n) is 9.26. The van der Waals surface area contributed by atoms with E-state index in [1.807, 2.05) is 54.6 Å². The fraction of sp³-hybridized carbons (Fsp3) is 0.0909. The zero-order valence-electron chi connectivity index (χ0n) is 16.2. The number of hydrogen-bond donors (Lipinski definition) is 2. The standard InChI is InChI=1S/C22H20N4O3S/c1-29-19-11-7-16(8-12-19)17-9-13-20(14-10-17)30(27,28)23-15-21-22(25-26-24-21)18-5-3-2-4-6-18/h2-14,23H,15H2,1H3,(H,24,25,26). The SMILES string of the molecule is COc1ccc(-c2ccc(S(=O)(=O)NCc3[nH]nnc3-c3ccccc3)cc2)cc1. The van der Waals surface area contributed by atoms with Gasteiger partial charge in [0.2, 0.25) is 10.0 Å². The molecule has 0 saturated carbocycles. The van der Waals surface area contributed by atoms with Gasteiger partial charge in [-0.1, -0.05) is 59.8 Å². The van der Waals surface area contributed by atoms with Crippen LogP contribution in [0.25, 0.3) is 22.4 Å². The number of nitrogens with one attached hydrogen (secondary N) is 2. The van der Waals surface area contributed by atoms with E-state index in [4.69, 9.17) is 4.74 Å². The van der Waals surface area contributed by atoms with Gasteiger partial charge >= 0.3 is 0 Å². The summed E-state index contributed by atoms with van der Waals surface area (Å²) in [6.07, 6.45) is 0. The Morgan fingerprint density at radius 2 is 1.50 bits per heavy atom. The molecule has 0 atom stereocenters. The van der Waals surface area contributed by atoms with Crippen LogP contribution in [0.4, 0.5) is 0 Å². The smallest absolute Gasteiger partial charge is 0.240 e. The molecule has 0 radical (unpaired) electrons. The average Bonchev–Trinajstić information content (AvgIpc) is 3.27. The van der Waals surface area contributed by atoms with Gasteiger partial charge in [-0.15, -0.1) is 5.10 Å². The minimum Gasteiger partial charge on any atom is -0.497 e. The van der Waals surface area contributed by atoms with Gasteiger partial charge in [0.05, 0.1) is 24.2 Å². The Kier molecular flexibility index (Phi) is 5.60. The van der Waals surface area contributed by atoms with Crippen molar-refractivity contribution in [2.45, 2.75) is 11.4 Å². The number of nitrogens with zero attached hydrogens (tertiary/aromatic N) is 2. The summed E-state index contributed by atoms with van der Waals surface area (Å²) in [6, 6.07) is 23.8. The highest BCUT2D eigenvalue weighted by Gasteiger charge is 2.17. The Morgan fingerprint density at radius 3 is 2.13 bits per heavy atom. The van der Waals surface area contributed by atoms with Gasteiger partial charge in [0.25, 0.3) is 0 Å². The second kappa shape index (κ2) is 8.48. The van der Waals surface area contributed by atoms with Gasteiger partial charge in [0.1, 0.15) is 11.4 Å². The molecule has 2 N–H and O–H groups in total. The monoisotopic (exact) mass is 420 g/mol. The molecule has 0 aliphatic rings. The Morgan fingerprint density at radius 1 is 0.867 bits per heavy atom. The normalized spacial score (nSPS) is 11.4. The van der Waals surface area contributed by atoms with Crippen LogP contribution in [0.1, 0.15) is 5.69 Å². The van der Waals surface area contributed by atoms with Crippen LogP contribution in [0.2, 0.25) is 0 Å². The summed E-state index contributed by atoms with van der Waals surface area (Å²) in [5.74, 6) is 0.769. The molecule has 0 spiro atoms. The molecule has 0 saturated heterocycles. The quantitative estimate of drug-likeness (QED) is 0.476. The predicted octanol–water partition coefficient (Wildman–Crippen LogP) is 3.63. The van der Waals surface area contributed by atoms with E-state index in [1.54, 1.807) is 31.4 Å². The highest BCUT2D eigenvalue weighted by molar-refractivity contribution is 7.89. The highest BCUT2D eigenvalue weighted by atomic mass is 32.2. The number of benzene rings is 3. The third-order valence-corrected chi connectivity index (χ3v) is 6.11. The van der Waals surface area contributed by atoms with Crippen molar-refractivity contribution < 1.29 is 13.2 Å². The van der Waals surface area contributed by atoms with E-state index in [0.29, 0.717) is 11.4 Å². The molecular formula is C22H20N4O3S. The van der Waals surface area contributed by atoms with Gasteiger partial charge in [0, 0.05) is 5.56 Å². The molecule has 0 amide bonds. The number of rotatable bonds is 7. The van der Waals surface area contributed by atoms with E-state index < -0.39 is 10.0 Å². The van der Waals surface area contributed by atoms with Crippen molar-refractivity contribution in [3.63, 3.8) is 0 Å². The van der Waals surface area contributed by atoms with E-state index in [0.717, 1.165) is 22.4 Å². The Bertz CT molecular complexity index is 1220. The molecular weight excluding hydrogens is 400 g/mol. The Hall–Kier alpha value is -3.49. The third kappa shape index (κ3) is 4.24. The molecule has 8 heteroatoms. The Balaban J connectivity index is 1.49. The largest absolute Gasteiger partial charge is 0.497 e. The van der Waals surface area contributed by atoms with Crippen LogP contribution in [0.15, 0.2) is 83.8 Å². The van der Waals surface area contributed by atoms with Crippen LogP contribution in [-0.4, -0.2) is 30.9 Å². The zero-order valence-corrected chi connectivity index (χ0v) is 17.1. The number of H-pyrrole nitrogens is 1. The predicted molar refractivity (Wildman–Crippen MR) is 114 cm³/mol. The molecule has 30 heavy (non-hydrogen) atoms. The second-order valence-electron chi connectivity index (χ2n) is 6.58. The molecule has 0 unspecified atom stereocenters. The maximum Gasteiger partial charge on any atom is 0.240 e. The van der Waals surface area contributed by atoms with E-state index >= 15 is 0 Å². The maximum atomic E-state index is 12.7. The van der Waals surface area contributed by atoms with E-state index in [-0.39, 0.29) is 11.4 Å². The maximum absolute atomic E-state index is 12.7. The van der Waals surface area contributed by atoms with Crippen LogP contribution in [-0.2, 0) is 16.6 Å². The third-order valence-electron chi connectivity index (χ3n) is 4.69. The number of ether oxygens (including phenoxy) is 1. The van der Waals surface area contributed by atoms with Gasteiger partial charge in [-0.25, -0.2) is 13.1 Å². The van der Waals surface area contributed by atoms with E-state index in [9.17, 15) is 8.42 Å². The molecule has 1 heterocycles. The summed E-state index contributed by atoms with van der Waals surface area (Å²) >= 11 is 0. The summed E-state index contributed by atoms with van der Waals surface area (Å²) < 4.78 is 33.2. The van der Waals surface area contributed by atoms with Gasteiger partial charge in [-0.05, 0) is 35.4 Å². The van der Waals surface area contributed by atoms with Crippen molar-refractivity contribution in [3.8, 4) is 28.1 Å². The van der Waals surface area contributed by atoms with Gasteiger partial charge in [-0.3, -0.25) is 5.10 Å². The van der Waals surface area contributed by atoms with Gasteiger partial charge < -0.3 is 4.74 Å².